The van der Waals surface area contributed by atoms with Gasteiger partial charge in [-0.15, -0.1) is 11.8 Å². The number of aryl methyl sites for hydroxylation is 1. The number of anilines is 2. The first kappa shape index (κ1) is 24.4. The highest BCUT2D eigenvalue weighted by molar-refractivity contribution is 7.99. The fourth-order valence-corrected chi connectivity index (χ4v) is 3.90. The molecule has 0 spiro atoms. The summed E-state index contributed by atoms with van der Waals surface area (Å²) in [4.78, 5) is 25.5. The molecule has 33 heavy (non-hydrogen) atoms. The summed E-state index contributed by atoms with van der Waals surface area (Å²) >= 11 is 1.35. The highest BCUT2D eigenvalue weighted by Crippen LogP contribution is 2.38. The van der Waals surface area contributed by atoms with Gasteiger partial charge in [0.2, 0.25) is 0 Å². The van der Waals surface area contributed by atoms with Gasteiger partial charge in [0.15, 0.2) is 5.76 Å². The lowest BCUT2D eigenvalue weighted by atomic mass is 10.1. The molecule has 0 aliphatic heterocycles. The number of rotatable bonds is 7. The average Bonchev–Trinajstić information content (AvgIpc) is 3.30. The highest BCUT2D eigenvalue weighted by Gasteiger charge is 2.34. The van der Waals surface area contributed by atoms with Gasteiger partial charge in [0.1, 0.15) is 0 Å². The number of hydrogen-bond acceptors (Lipinski definition) is 4. The van der Waals surface area contributed by atoms with Crippen molar-refractivity contribution in [2.45, 2.75) is 43.5 Å². The van der Waals surface area contributed by atoms with Crippen LogP contribution < -0.4 is 10.6 Å². The van der Waals surface area contributed by atoms with E-state index in [-0.39, 0.29) is 22.3 Å². The van der Waals surface area contributed by atoms with Crippen LogP contribution in [0, 0.1) is 6.92 Å². The maximum Gasteiger partial charge on any atom is 0.418 e. The number of alkyl halides is 3. The summed E-state index contributed by atoms with van der Waals surface area (Å²) in [6.07, 6.45) is -2.46. The molecule has 0 radical (unpaired) electrons. The van der Waals surface area contributed by atoms with Crippen LogP contribution in [0.15, 0.2) is 64.1 Å². The minimum atomic E-state index is -4.63. The van der Waals surface area contributed by atoms with E-state index in [2.05, 4.69) is 10.6 Å². The average molecular weight is 477 g/mol. The van der Waals surface area contributed by atoms with E-state index >= 15 is 0 Å². The Morgan fingerprint density at radius 2 is 1.76 bits per heavy atom. The second-order valence-corrected chi connectivity index (χ2v) is 8.97. The van der Waals surface area contributed by atoms with Crippen LogP contribution in [0.5, 0.6) is 0 Å². The third-order valence-electron chi connectivity index (χ3n) is 4.95. The van der Waals surface area contributed by atoms with Gasteiger partial charge in [-0.25, -0.2) is 0 Å². The summed E-state index contributed by atoms with van der Waals surface area (Å²) in [5.74, 6) is -1.14. The minimum Gasteiger partial charge on any atom is -0.459 e. The van der Waals surface area contributed by atoms with Crippen LogP contribution in [0.1, 0.15) is 52.3 Å². The summed E-state index contributed by atoms with van der Waals surface area (Å²) in [6, 6.07) is 11.4. The summed E-state index contributed by atoms with van der Waals surface area (Å²) in [6.45, 7) is 5.63. The van der Waals surface area contributed by atoms with Gasteiger partial charge < -0.3 is 15.1 Å². The van der Waals surface area contributed by atoms with E-state index in [0.717, 1.165) is 12.5 Å². The van der Waals surface area contributed by atoms with Crippen LogP contribution >= 0.6 is 11.8 Å². The second kappa shape index (κ2) is 10.2. The largest absolute Gasteiger partial charge is 0.459 e. The van der Waals surface area contributed by atoms with E-state index in [1.54, 1.807) is 25.1 Å². The summed E-state index contributed by atoms with van der Waals surface area (Å²) in [5.41, 5.74) is -0.124. The molecule has 9 heteroatoms. The SMILES string of the molecule is CCC(C)Sc1ccc(NC(=O)c2ccc(C)c(NC(=O)c3ccco3)c2)c(C(F)(F)F)c1. The monoisotopic (exact) mass is 476 g/mol. The van der Waals surface area contributed by atoms with E-state index in [1.807, 2.05) is 13.8 Å². The third-order valence-corrected chi connectivity index (χ3v) is 6.21. The van der Waals surface area contributed by atoms with Crippen molar-refractivity contribution in [2.24, 2.45) is 0 Å². The Hall–Kier alpha value is -3.20. The van der Waals surface area contributed by atoms with Gasteiger partial charge in [-0.05, 0) is 61.4 Å². The lowest BCUT2D eigenvalue weighted by Gasteiger charge is -2.17. The zero-order chi connectivity index (χ0) is 24.2. The number of carbonyl (C=O) groups excluding carboxylic acids is 2. The Kier molecular flexibility index (Phi) is 7.53. The topological polar surface area (TPSA) is 71.3 Å². The molecule has 3 aromatic rings. The number of carbonyl (C=O) groups is 2. The Labute approximate surface area is 193 Å². The normalized spacial score (nSPS) is 12.3. The molecule has 2 N–H and O–H groups in total. The Balaban J connectivity index is 1.84. The predicted octanol–water partition coefficient (Wildman–Crippen LogP) is 7.00. The Bertz CT molecular complexity index is 1140. The van der Waals surface area contributed by atoms with Gasteiger partial charge >= 0.3 is 6.18 Å². The fourth-order valence-electron chi connectivity index (χ4n) is 2.94. The maximum absolute atomic E-state index is 13.7. The van der Waals surface area contributed by atoms with Crippen molar-refractivity contribution in [1.29, 1.82) is 0 Å². The van der Waals surface area contributed by atoms with Gasteiger partial charge in [0.25, 0.3) is 11.8 Å². The zero-order valence-corrected chi connectivity index (χ0v) is 19.1. The fraction of sp³-hybridized carbons (Fsp3) is 0.250. The van der Waals surface area contributed by atoms with E-state index in [9.17, 15) is 22.8 Å². The second-order valence-electron chi connectivity index (χ2n) is 7.46. The molecular weight excluding hydrogens is 453 g/mol. The highest BCUT2D eigenvalue weighted by atomic mass is 32.2. The molecule has 174 valence electrons. The van der Waals surface area contributed by atoms with E-state index in [0.29, 0.717) is 16.1 Å². The van der Waals surface area contributed by atoms with Crippen molar-refractivity contribution in [2.75, 3.05) is 10.6 Å². The number of hydrogen-bond donors (Lipinski definition) is 2. The molecule has 0 aliphatic rings. The van der Waals surface area contributed by atoms with Crippen molar-refractivity contribution >= 4 is 35.0 Å². The summed E-state index contributed by atoms with van der Waals surface area (Å²) in [5, 5.41) is 5.16. The predicted molar refractivity (Wildman–Crippen MR) is 123 cm³/mol. The smallest absolute Gasteiger partial charge is 0.418 e. The molecule has 0 aliphatic carbocycles. The van der Waals surface area contributed by atoms with Crippen molar-refractivity contribution in [1.82, 2.24) is 0 Å². The van der Waals surface area contributed by atoms with Crippen molar-refractivity contribution in [3.8, 4) is 0 Å². The van der Waals surface area contributed by atoms with Crippen LogP contribution in [-0.4, -0.2) is 17.1 Å². The first-order chi connectivity index (χ1) is 15.6. The molecule has 2 amide bonds. The van der Waals surface area contributed by atoms with Crippen molar-refractivity contribution < 1.29 is 27.2 Å². The molecule has 5 nitrogen and oxygen atoms in total. The van der Waals surface area contributed by atoms with Crippen LogP contribution in [-0.2, 0) is 6.18 Å². The molecule has 3 rings (SSSR count). The lowest BCUT2D eigenvalue weighted by Crippen LogP contribution is -2.18. The summed E-state index contributed by atoms with van der Waals surface area (Å²) < 4.78 is 46.1. The van der Waals surface area contributed by atoms with E-state index < -0.39 is 23.6 Å². The van der Waals surface area contributed by atoms with Gasteiger partial charge in [0.05, 0.1) is 17.5 Å². The molecule has 0 fully saturated rings. The van der Waals surface area contributed by atoms with Crippen LogP contribution in [0.2, 0.25) is 0 Å². The molecule has 0 bridgehead atoms. The number of halogens is 3. The van der Waals surface area contributed by atoms with Gasteiger partial charge in [0, 0.05) is 21.4 Å². The molecule has 1 atom stereocenters. The van der Waals surface area contributed by atoms with Crippen LogP contribution in [0.4, 0.5) is 24.5 Å². The number of thioether (sulfide) groups is 1. The first-order valence-corrected chi connectivity index (χ1v) is 11.1. The molecular formula is C24H23F3N2O3S. The Morgan fingerprint density at radius 1 is 1.03 bits per heavy atom. The van der Waals surface area contributed by atoms with Crippen LogP contribution in [0.25, 0.3) is 0 Å². The minimum absolute atomic E-state index is 0.0921. The lowest BCUT2D eigenvalue weighted by molar-refractivity contribution is -0.137. The molecule has 1 unspecified atom stereocenters. The molecule has 0 saturated carbocycles. The standard InChI is InChI=1S/C24H23F3N2O3S/c1-4-15(3)33-17-9-10-19(18(13-17)24(25,26)27)28-22(30)16-8-7-14(2)20(12-16)29-23(31)21-6-5-11-32-21/h5-13,15H,4H2,1-3H3,(H,28,30)(H,29,31). The number of nitrogens with one attached hydrogen (secondary N) is 2. The number of benzene rings is 2. The molecule has 2 aromatic carbocycles. The number of furan rings is 1. The van der Waals surface area contributed by atoms with E-state index in [4.69, 9.17) is 4.42 Å². The Morgan fingerprint density at radius 3 is 2.39 bits per heavy atom. The van der Waals surface area contributed by atoms with Gasteiger partial charge in [-0.1, -0.05) is 19.9 Å². The van der Waals surface area contributed by atoms with Crippen molar-refractivity contribution in [3.05, 3.63) is 77.2 Å². The zero-order valence-electron chi connectivity index (χ0n) is 18.2. The maximum atomic E-state index is 13.7. The summed E-state index contributed by atoms with van der Waals surface area (Å²) in [7, 11) is 0. The van der Waals surface area contributed by atoms with E-state index in [1.165, 1.54) is 42.3 Å². The number of amides is 2. The van der Waals surface area contributed by atoms with Crippen LogP contribution in [0.3, 0.4) is 0 Å². The molecule has 0 saturated heterocycles. The molecule has 1 aromatic heterocycles. The molecule has 1 heterocycles. The third kappa shape index (κ3) is 6.19. The first-order valence-electron chi connectivity index (χ1n) is 10.2. The van der Waals surface area contributed by atoms with Gasteiger partial charge in [-0.3, -0.25) is 9.59 Å². The quantitative estimate of drug-likeness (QED) is 0.360. The van der Waals surface area contributed by atoms with Crippen molar-refractivity contribution in [3.63, 3.8) is 0 Å². The van der Waals surface area contributed by atoms with Gasteiger partial charge in [-0.2, -0.15) is 13.2 Å².